The van der Waals surface area contributed by atoms with Crippen molar-refractivity contribution in [3.05, 3.63) is 18.2 Å². The van der Waals surface area contributed by atoms with Crippen LogP contribution in [0.15, 0.2) is 12.4 Å². The first-order valence-electron chi connectivity index (χ1n) is 9.29. The normalized spacial score (nSPS) is 25.9. The van der Waals surface area contributed by atoms with Crippen LogP contribution < -0.4 is 0 Å². The van der Waals surface area contributed by atoms with Crippen LogP contribution in [0.1, 0.15) is 57.8 Å². The van der Waals surface area contributed by atoms with E-state index in [1.165, 1.54) is 0 Å². The van der Waals surface area contributed by atoms with Crippen LogP contribution >= 0.6 is 0 Å². The van der Waals surface area contributed by atoms with Gasteiger partial charge in [-0.15, -0.1) is 0 Å². The lowest BCUT2D eigenvalue weighted by atomic mass is 10.0. The maximum atomic E-state index is 13.0. The average molecular weight is 318 g/mol. The van der Waals surface area contributed by atoms with Gasteiger partial charge in [-0.3, -0.25) is 9.69 Å². The second-order valence-electron chi connectivity index (χ2n) is 6.88. The third kappa shape index (κ3) is 3.44. The predicted octanol–water partition coefficient (Wildman–Crippen LogP) is 2.48. The monoisotopic (exact) mass is 318 g/mol. The molecule has 0 bridgehead atoms. The molecule has 2 atom stereocenters. The molecule has 3 rings (SSSR count). The van der Waals surface area contributed by atoms with Gasteiger partial charge in [-0.2, -0.15) is 0 Å². The Bertz CT molecular complexity index is 527. The number of carbonyl (C=O) groups is 1. The maximum absolute atomic E-state index is 13.0. The van der Waals surface area contributed by atoms with Crippen LogP contribution in [0.2, 0.25) is 0 Å². The summed E-state index contributed by atoms with van der Waals surface area (Å²) in [4.78, 5) is 22.0. The van der Waals surface area contributed by atoms with Crippen molar-refractivity contribution in [2.45, 2.75) is 64.5 Å². The van der Waals surface area contributed by atoms with Crippen LogP contribution in [0.4, 0.5) is 0 Å². The zero-order valence-corrected chi connectivity index (χ0v) is 14.6. The van der Waals surface area contributed by atoms with Crippen molar-refractivity contribution in [2.24, 2.45) is 0 Å². The number of amides is 1. The van der Waals surface area contributed by atoms with Crippen molar-refractivity contribution in [1.29, 1.82) is 0 Å². The first-order chi connectivity index (χ1) is 11.2. The van der Waals surface area contributed by atoms with Crippen molar-refractivity contribution >= 4 is 5.91 Å². The predicted molar refractivity (Wildman–Crippen MR) is 91.3 cm³/mol. The Kier molecular flexibility index (Phi) is 5.36. The molecule has 1 aromatic rings. The highest BCUT2D eigenvalue weighted by molar-refractivity contribution is 5.82. The van der Waals surface area contributed by atoms with E-state index in [2.05, 4.69) is 39.4 Å². The van der Waals surface area contributed by atoms with Crippen LogP contribution in [0.5, 0.6) is 0 Å². The number of hydrogen-bond acceptors (Lipinski definition) is 3. The van der Waals surface area contributed by atoms with Crippen LogP contribution in [-0.4, -0.2) is 57.5 Å². The van der Waals surface area contributed by atoms with E-state index in [9.17, 15) is 4.79 Å². The molecule has 2 aliphatic rings. The van der Waals surface area contributed by atoms with Crippen LogP contribution in [-0.2, 0) is 11.2 Å². The smallest absolute Gasteiger partial charge is 0.239 e. The van der Waals surface area contributed by atoms with Gasteiger partial charge in [0.25, 0.3) is 0 Å². The summed E-state index contributed by atoms with van der Waals surface area (Å²) in [5.41, 5.74) is 0. The Morgan fingerprint density at radius 2 is 2.09 bits per heavy atom. The van der Waals surface area contributed by atoms with E-state index in [0.29, 0.717) is 11.9 Å². The molecule has 5 nitrogen and oxygen atoms in total. The Hall–Kier alpha value is -1.36. The quantitative estimate of drug-likeness (QED) is 0.837. The largest absolute Gasteiger partial charge is 0.339 e. The number of hydrogen-bond donors (Lipinski definition) is 0. The zero-order valence-electron chi connectivity index (χ0n) is 14.6. The highest BCUT2D eigenvalue weighted by Crippen LogP contribution is 2.26. The summed E-state index contributed by atoms with van der Waals surface area (Å²) < 4.78 is 2.29. The number of aromatic nitrogens is 2. The first-order valence-corrected chi connectivity index (χ1v) is 9.29. The molecule has 128 valence electrons. The van der Waals surface area contributed by atoms with Crippen molar-refractivity contribution in [3.8, 4) is 0 Å². The summed E-state index contributed by atoms with van der Waals surface area (Å²) in [6.45, 7) is 8.24. The number of carbonyl (C=O) groups excluding carboxylic acids is 1. The van der Waals surface area contributed by atoms with Gasteiger partial charge in [-0.25, -0.2) is 4.98 Å². The van der Waals surface area contributed by atoms with Crippen molar-refractivity contribution in [1.82, 2.24) is 19.4 Å². The molecule has 2 saturated heterocycles. The fourth-order valence-electron chi connectivity index (χ4n) is 4.20. The molecule has 0 aliphatic carbocycles. The molecule has 1 amide bonds. The number of likely N-dealkylation sites (tertiary alicyclic amines) is 2. The molecule has 5 heteroatoms. The Labute approximate surface area is 139 Å². The number of nitrogens with zero attached hydrogens (tertiary/aromatic N) is 4. The van der Waals surface area contributed by atoms with Crippen LogP contribution in [0, 0.1) is 0 Å². The molecule has 0 N–H and O–H groups in total. The maximum Gasteiger partial charge on any atom is 0.239 e. The van der Waals surface area contributed by atoms with Gasteiger partial charge in [-0.05, 0) is 45.2 Å². The molecule has 3 heterocycles. The Morgan fingerprint density at radius 1 is 1.26 bits per heavy atom. The summed E-state index contributed by atoms with van der Waals surface area (Å²) in [5.74, 6) is 1.50. The molecule has 0 radical (unpaired) electrons. The standard InChI is InChI=1S/C18H30N4O/c1-3-10-20-11-6-8-16(20)18(23)21-12-5-7-15(14-21)22-13-9-19-17(22)4-2/h9,13,15-16H,3-8,10-12,14H2,1-2H3/t15-,16+/m0/s1. The minimum atomic E-state index is 0.127. The molecule has 0 aromatic carbocycles. The summed E-state index contributed by atoms with van der Waals surface area (Å²) in [6.07, 6.45) is 10.5. The van der Waals surface area contributed by atoms with Gasteiger partial charge in [0.15, 0.2) is 0 Å². The lowest BCUT2D eigenvalue weighted by Gasteiger charge is -2.37. The second-order valence-corrected chi connectivity index (χ2v) is 6.88. The summed E-state index contributed by atoms with van der Waals surface area (Å²) in [7, 11) is 0. The van der Waals surface area contributed by atoms with Crippen molar-refractivity contribution < 1.29 is 4.79 Å². The van der Waals surface area contributed by atoms with E-state index in [0.717, 1.165) is 70.5 Å². The van der Waals surface area contributed by atoms with Gasteiger partial charge < -0.3 is 9.47 Å². The lowest BCUT2D eigenvalue weighted by Crippen LogP contribution is -2.49. The summed E-state index contributed by atoms with van der Waals surface area (Å²) in [6, 6.07) is 0.522. The fourth-order valence-corrected chi connectivity index (χ4v) is 4.20. The molecule has 0 unspecified atom stereocenters. The third-order valence-electron chi connectivity index (χ3n) is 5.33. The number of imidazole rings is 1. The minimum Gasteiger partial charge on any atom is -0.339 e. The van der Waals surface area contributed by atoms with E-state index in [1.54, 1.807) is 0 Å². The molecular formula is C18H30N4O. The van der Waals surface area contributed by atoms with Crippen molar-refractivity contribution in [3.63, 3.8) is 0 Å². The second kappa shape index (κ2) is 7.47. The number of rotatable bonds is 5. The number of aryl methyl sites for hydroxylation is 1. The molecule has 1 aromatic heterocycles. The SMILES string of the molecule is CCCN1CCC[C@@H]1C(=O)N1CCC[C@H](n2ccnc2CC)C1. The molecule has 2 fully saturated rings. The van der Waals surface area contributed by atoms with Gasteiger partial charge in [0, 0.05) is 31.9 Å². The average Bonchev–Trinajstić information content (AvgIpc) is 3.23. The van der Waals surface area contributed by atoms with Gasteiger partial charge in [0.2, 0.25) is 5.91 Å². The van der Waals surface area contributed by atoms with Gasteiger partial charge >= 0.3 is 0 Å². The van der Waals surface area contributed by atoms with E-state index in [4.69, 9.17) is 0 Å². The fraction of sp³-hybridized carbons (Fsp3) is 0.778. The Balaban J connectivity index is 1.67. The molecule has 23 heavy (non-hydrogen) atoms. The van der Waals surface area contributed by atoms with E-state index < -0.39 is 0 Å². The van der Waals surface area contributed by atoms with E-state index in [1.807, 2.05) is 6.20 Å². The van der Waals surface area contributed by atoms with Crippen LogP contribution in [0.3, 0.4) is 0 Å². The topological polar surface area (TPSA) is 41.4 Å². The molecule has 2 aliphatic heterocycles. The molecule has 0 saturated carbocycles. The van der Waals surface area contributed by atoms with Gasteiger partial charge in [-0.1, -0.05) is 13.8 Å². The van der Waals surface area contributed by atoms with E-state index >= 15 is 0 Å². The third-order valence-corrected chi connectivity index (χ3v) is 5.33. The Morgan fingerprint density at radius 3 is 2.87 bits per heavy atom. The van der Waals surface area contributed by atoms with E-state index in [-0.39, 0.29) is 6.04 Å². The lowest BCUT2D eigenvalue weighted by molar-refractivity contribution is -0.137. The van der Waals surface area contributed by atoms with Gasteiger partial charge in [0.1, 0.15) is 5.82 Å². The summed E-state index contributed by atoms with van der Waals surface area (Å²) >= 11 is 0. The van der Waals surface area contributed by atoms with Gasteiger partial charge in [0.05, 0.1) is 12.1 Å². The highest BCUT2D eigenvalue weighted by atomic mass is 16.2. The van der Waals surface area contributed by atoms with Crippen LogP contribution in [0.25, 0.3) is 0 Å². The zero-order chi connectivity index (χ0) is 16.2. The number of piperidine rings is 1. The molecular weight excluding hydrogens is 288 g/mol. The molecule has 0 spiro atoms. The van der Waals surface area contributed by atoms with Crippen molar-refractivity contribution in [2.75, 3.05) is 26.2 Å². The summed E-state index contributed by atoms with van der Waals surface area (Å²) in [5, 5.41) is 0. The minimum absolute atomic E-state index is 0.127. The first kappa shape index (κ1) is 16.5. The highest BCUT2D eigenvalue weighted by Gasteiger charge is 2.35.